The average molecular weight is 253 g/mol. The Bertz CT molecular complexity index is 750. The molecule has 0 amide bonds. The van der Waals surface area contributed by atoms with E-state index in [1.54, 1.807) is 6.20 Å². The highest BCUT2D eigenvalue weighted by atomic mass is 16.5. The van der Waals surface area contributed by atoms with Gasteiger partial charge in [0.05, 0.1) is 7.11 Å². The number of H-pyrrole nitrogens is 1. The van der Waals surface area contributed by atoms with Gasteiger partial charge >= 0.3 is 0 Å². The van der Waals surface area contributed by atoms with Crippen LogP contribution in [0, 0.1) is 0 Å². The third kappa shape index (κ3) is 1.78. The van der Waals surface area contributed by atoms with E-state index in [1.165, 1.54) is 19.3 Å². The molecule has 1 N–H and O–H groups in total. The molecule has 0 radical (unpaired) electrons. The van der Waals surface area contributed by atoms with Gasteiger partial charge in [-0.25, -0.2) is 0 Å². The molecule has 0 bridgehead atoms. The van der Waals surface area contributed by atoms with Crippen LogP contribution < -0.4 is 0 Å². The lowest BCUT2D eigenvalue weighted by molar-refractivity contribution is -0.116. The van der Waals surface area contributed by atoms with E-state index in [0.717, 1.165) is 16.5 Å². The Morgan fingerprint density at radius 1 is 1.05 bits per heavy atom. The molecule has 94 valence electrons. The number of ether oxygens (including phenoxy) is 1. The normalized spacial score (nSPS) is 15.4. The zero-order valence-electron chi connectivity index (χ0n) is 10.3. The number of benzene rings is 1. The van der Waals surface area contributed by atoms with E-state index in [1.807, 2.05) is 24.3 Å². The minimum absolute atomic E-state index is 0.0774. The van der Waals surface area contributed by atoms with E-state index in [4.69, 9.17) is 4.74 Å². The summed E-state index contributed by atoms with van der Waals surface area (Å²) in [7, 11) is 1.38. The van der Waals surface area contributed by atoms with Crippen molar-refractivity contribution in [1.82, 2.24) is 4.98 Å². The van der Waals surface area contributed by atoms with Gasteiger partial charge in [-0.1, -0.05) is 18.2 Å². The van der Waals surface area contributed by atoms with Crippen LogP contribution in [0.4, 0.5) is 0 Å². The molecule has 4 heteroatoms. The van der Waals surface area contributed by atoms with Gasteiger partial charge in [-0.2, -0.15) is 0 Å². The average Bonchev–Trinajstić information content (AvgIpc) is 2.84. The highest BCUT2D eigenvalue weighted by Crippen LogP contribution is 2.28. The van der Waals surface area contributed by atoms with E-state index in [9.17, 15) is 9.59 Å². The minimum atomic E-state index is -0.289. The van der Waals surface area contributed by atoms with Crippen LogP contribution in [0.5, 0.6) is 0 Å². The molecule has 0 fully saturated rings. The maximum atomic E-state index is 12.1. The van der Waals surface area contributed by atoms with Crippen molar-refractivity contribution in [3.05, 3.63) is 53.9 Å². The Morgan fingerprint density at radius 3 is 2.63 bits per heavy atom. The Morgan fingerprint density at radius 2 is 1.84 bits per heavy atom. The van der Waals surface area contributed by atoms with Gasteiger partial charge in [0.1, 0.15) is 0 Å². The quantitative estimate of drug-likeness (QED) is 0.835. The number of allylic oxidation sites excluding steroid dienone is 3. The van der Waals surface area contributed by atoms with Crippen molar-refractivity contribution in [2.45, 2.75) is 0 Å². The summed E-state index contributed by atoms with van der Waals surface area (Å²) >= 11 is 0. The van der Waals surface area contributed by atoms with E-state index in [2.05, 4.69) is 4.98 Å². The standard InChI is InChI=1S/C15H11NO3/c1-19-15-7-13(17)10(6-14(15)18)11-8-16-12-5-3-2-4-9(11)12/h2-8,16H,1H3. The van der Waals surface area contributed by atoms with Crippen molar-refractivity contribution >= 4 is 28.0 Å². The van der Waals surface area contributed by atoms with Crippen LogP contribution in [-0.2, 0) is 14.3 Å². The first-order chi connectivity index (χ1) is 9.20. The number of carbonyl (C=O) groups is 2. The summed E-state index contributed by atoms with van der Waals surface area (Å²) in [6.07, 6.45) is 4.31. The van der Waals surface area contributed by atoms with Gasteiger partial charge in [0.25, 0.3) is 0 Å². The molecule has 1 aliphatic carbocycles. The summed E-state index contributed by atoms with van der Waals surface area (Å²) in [5, 5.41) is 0.921. The Hall–Kier alpha value is -2.62. The first kappa shape index (κ1) is 11.5. The second kappa shape index (κ2) is 4.24. The number of hydrogen-bond acceptors (Lipinski definition) is 3. The molecule has 0 saturated heterocycles. The highest BCUT2D eigenvalue weighted by Gasteiger charge is 2.23. The third-order valence-electron chi connectivity index (χ3n) is 3.15. The first-order valence-electron chi connectivity index (χ1n) is 5.83. The molecule has 0 aliphatic heterocycles. The van der Waals surface area contributed by atoms with Crippen LogP contribution in [-0.4, -0.2) is 23.7 Å². The number of nitrogens with one attached hydrogen (secondary N) is 1. The van der Waals surface area contributed by atoms with Crippen molar-refractivity contribution in [3.8, 4) is 0 Å². The number of para-hydroxylation sites is 1. The van der Waals surface area contributed by atoms with Crippen molar-refractivity contribution in [2.75, 3.05) is 7.11 Å². The third-order valence-corrected chi connectivity index (χ3v) is 3.15. The summed E-state index contributed by atoms with van der Waals surface area (Å²) in [5.41, 5.74) is 2.06. The molecule has 0 spiro atoms. The summed E-state index contributed by atoms with van der Waals surface area (Å²) in [4.78, 5) is 26.9. The molecule has 1 aromatic heterocycles. The maximum Gasteiger partial charge on any atom is 0.221 e. The second-order valence-electron chi connectivity index (χ2n) is 4.25. The zero-order chi connectivity index (χ0) is 13.4. The molecule has 1 heterocycles. The Balaban J connectivity index is 2.13. The van der Waals surface area contributed by atoms with Crippen LogP contribution in [0.3, 0.4) is 0 Å². The van der Waals surface area contributed by atoms with Crippen molar-refractivity contribution in [1.29, 1.82) is 0 Å². The predicted octanol–water partition coefficient (Wildman–Crippen LogP) is 2.23. The van der Waals surface area contributed by atoms with Crippen LogP contribution in [0.1, 0.15) is 5.56 Å². The van der Waals surface area contributed by atoms with Crippen LogP contribution >= 0.6 is 0 Å². The van der Waals surface area contributed by atoms with Gasteiger partial charge < -0.3 is 9.72 Å². The van der Waals surface area contributed by atoms with Gasteiger partial charge in [0.15, 0.2) is 11.5 Å². The summed E-state index contributed by atoms with van der Waals surface area (Å²) < 4.78 is 4.87. The fourth-order valence-electron chi connectivity index (χ4n) is 2.21. The van der Waals surface area contributed by atoms with Gasteiger partial charge in [0, 0.05) is 40.4 Å². The number of fused-ring (bicyclic) bond motifs is 1. The monoisotopic (exact) mass is 253 g/mol. The molecule has 2 aromatic rings. The van der Waals surface area contributed by atoms with Crippen molar-refractivity contribution in [2.24, 2.45) is 0 Å². The van der Waals surface area contributed by atoms with Crippen LogP contribution in [0.25, 0.3) is 16.5 Å². The lowest BCUT2D eigenvalue weighted by atomic mass is 9.95. The molecule has 0 unspecified atom stereocenters. The van der Waals surface area contributed by atoms with Gasteiger partial charge in [-0.15, -0.1) is 0 Å². The molecule has 4 nitrogen and oxygen atoms in total. The number of methoxy groups -OCH3 is 1. The highest BCUT2D eigenvalue weighted by molar-refractivity contribution is 6.36. The molecule has 0 saturated carbocycles. The molecule has 1 aliphatic rings. The maximum absolute atomic E-state index is 12.1. The lowest BCUT2D eigenvalue weighted by Crippen LogP contribution is -2.13. The molecule has 19 heavy (non-hydrogen) atoms. The van der Waals surface area contributed by atoms with Gasteiger partial charge in [-0.05, 0) is 6.07 Å². The predicted molar refractivity (Wildman–Crippen MR) is 71.4 cm³/mol. The fourth-order valence-corrected chi connectivity index (χ4v) is 2.21. The van der Waals surface area contributed by atoms with Crippen LogP contribution in [0.15, 0.2) is 48.4 Å². The number of carbonyl (C=O) groups excluding carboxylic acids is 2. The van der Waals surface area contributed by atoms with E-state index in [0.29, 0.717) is 5.57 Å². The number of hydrogen-bond donors (Lipinski definition) is 1. The van der Waals surface area contributed by atoms with Crippen molar-refractivity contribution < 1.29 is 14.3 Å². The van der Waals surface area contributed by atoms with Gasteiger partial charge in [-0.3, -0.25) is 9.59 Å². The molecule has 0 atom stereocenters. The van der Waals surface area contributed by atoms with E-state index >= 15 is 0 Å². The summed E-state index contributed by atoms with van der Waals surface area (Å²) in [5.74, 6) is -0.433. The van der Waals surface area contributed by atoms with E-state index in [-0.39, 0.29) is 17.3 Å². The molecular weight excluding hydrogens is 242 g/mol. The molecular formula is C15H11NO3. The number of ketones is 2. The smallest absolute Gasteiger partial charge is 0.221 e. The SMILES string of the molecule is COC1=CC(=O)C(c2c[nH]c3ccccc23)=CC1=O. The van der Waals surface area contributed by atoms with E-state index < -0.39 is 0 Å². The summed E-state index contributed by atoms with van der Waals surface area (Å²) in [6, 6.07) is 7.64. The number of aromatic nitrogens is 1. The fraction of sp³-hybridized carbons (Fsp3) is 0.0667. The topological polar surface area (TPSA) is 59.2 Å². The zero-order valence-corrected chi connectivity index (χ0v) is 10.3. The second-order valence-corrected chi connectivity index (χ2v) is 4.25. The lowest BCUT2D eigenvalue weighted by Gasteiger charge is -2.10. The van der Waals surface area contributed by atoms with Crippen molar-refractivity contribution in [3.63, 3.8) is 0 Å². The molecule has 3 rings (SSSR count). The first-order valence-corrected chi connectivity index (χ1v) is 5.83. The van der Waals surface area contributed by atoms with Gasteiger partial charge in [0.2, 0.25) is 5.78 Å². The number of rotatable bonds is 2. The Labute approximate surface area is 109 Å². The number of aromatic amines is 1. The summed E-state index contributed by atoms with van der Waals surface area (Å²) in [6.45, 7) is 0. The minimum Gasteiger partial charge on any atom is -0.493 e. The Kier molecular flexibility index (Phi) is 2.56. The molecule has 1 aromatic carbocycles. The largest absolute Gasteiger partial charge is 0.493 e. The van der Waals surface area contributed by atoms with Crippen LogP contribution in [0.2, 0.25) is 0 Å².